The first-order valence-electron chi connectivity index (χ1n) is 4.36. The number of benzene rings is 1. The van der Waals surface area contributed by atoms with Gasteiger partial charge in [0.15, 0.2) is 0 Å². The average Bonchev–Trinajstić information content (AvgIpc) is 2.44. The zero-order valence-electron chi connectivity index (χ0n) is 7.78. The van der Waals surface area contributed by atoms with Crippen LogP contribution in [0.1, 0.15) is 11.3 Å². The van der Waals surface area contributed by atoms with Crippen LogP contribution in [0.4, 0.5) is 0 Å². The highest BCUT2D eigenvalue weighted by Gasteiger charge is 2.10. The van der Waals surface area contributed by atoms with Crippen LogP contribution < -0.4 is 0 Å². The summed E-state index contributed by atoms with van der Waals surface area (Å²) in [6.45, 7) is 1.76. The number of nitrogens with one attached hydrogen (secondary N) is 1. The second-order valence-corrected chi connectivity index (χ2v) is 3.26. The molecule has 1 heterocycles. The molecule has 0 unspecified atom stereocenters. The van der Waals surface area contributed by atoms with Gasteiger partial charge in [0.2, 0.25) is 6.54 Å². The standard InChI is InChI=1S/C10H10N2O2/c1-7-8-4-2-3-5-9(8)11-10(7)6-12(13)14/h2-5,11H,6H2,1H3. The normalized spacial score (nSPS) is 10.6. The predicted molar refractivity (Wildman–Crippen MR) is 53.7 cm³/mol. The fourth-order valence-corrected chi connectivity index (χ4v) is 1.63. The summed E-state index contributed by atoms with van der Waals surface area (Å²) >= 11 is 0. The Hall–Kier alpha value is -1.84. The molecule has 2 aromatic rings. The topological polar surface area (TPSA) is 58.9 Å². The maximum Gasteiger partial charge on any atom is 0.243 e. The molecular formula is C10H10N2O2. The number of fused-ring (bicyclic) bond motifs is 1. The predicted octanol–water partition coefficient (Wildman–Crippen LogP) is 2.25. The summed E-state index contributed by atoms with van der Waals surface area (Å²) in [5.41, 5.74) is 2.62. The zero-order valence-corrected chi connectivity index (χ0v) is 7.78. The monoisotopic (exact) mass is 190 g/mol. The minimum Gasteiger partial charge on any atom is -0.353 e. The molecule has 0 saturated heterocycles. The van der Waals surface area contributed by atoms with Crippen molar-refractivity contribution >= 4 is 10.9 Å². The molecule has 72 valence electrons. The van der Waals surface area contributed by atoms with Gasteiger partial charge in [-0.25, -0.2) is 0 Å². The first-order chi connectivity index (χ1) is 6.68. The molecule has 4 heteroatoms. The Bertz CT molecular complexity index is 488. The van der Waals surface area contributed by atoms with Crippen molar-refractivity contribution in [1.29, 1.82) is 0 Å². The molecule has 2 rings (SSSR count). The van der Waals surface area contributed by atoms with Gasteiger partial charge in [0.1, 0.15) is 0 Å². The van der Waals surface area contributed by atoms with E-state index >= 15 is 0 Å². The van der Waals surface area contributed by atoms with E-state index in [-0.39, 0.29) is 11.5 Å². The molecule has 14 heavy (non-hydrogen) atoms. The summed E-state index contributed by atoms with van der Waals surface area (Å²) < 4.78 is 0. The first-order valence-corrected chi connectivity index (χ1v) is 4.36. The molecular weight excluding hydrogens is 180 g/mol. The van der Waals surface area contributed by atoms with Crippen molar-refractivity contribution in [3.05, 3.63) is 45.6 Å². The van der Waals surface area contributed by atoms with Gasteiger partial charge in [-0.2, -0.15) is 0 Å². The molecule has 1 aromatic carbocycles. The SMILES string of the molecule is Cc1c(C[N+](=O)[O-])[nH]c2ccccc12. The molecule has 0 radical (unpaired) electrons. The third-order valence-electron chi connectivity index (χ3n) is 2.36. The van der Waals surface area contributed by atoms with E-state index in [1.54, 1.807) is 0 Å². The van der Waals surface area contributed by atoms with Crippen LogP contribution in [0.25, 0.3) is 10.9 Å². The van der Waals surface area contributed by atoms with Crippen LogP contribution >= 0.6 is 0 Å². The van der Waals surface area contributed by atoms with E-state index in [4.69, 9.17) is 0 Å². The third-order valence-corrected chi connectivity index (χ3v) is 2.36. The Balaban J connectivity index is 2.57. The minimum absolute atomic E-state index is 0.138. The molecule has 0 aliphatic carbocycles. The van der Waals surface area contributed by atoms with Gasteiger partial charge in [-0.3, -0.25) is 10.1 Å². The van der Waals surface area contributed by atoms with Crippen LogP contribution in [0, 0.1) is 17.0 Å². The molecule has 0 bridgehead atoms. The van der Waals surface area contributed by atoms with Crippen molar-refractivity contribution in [3.8, 4) is 0 Å². The lowest BCUT2D eigenvalue weighted by atomic mass is 10.1. The van der Waals surface area contributed by atoms with Gasteiger partial charge in [-0.1, -0.05) is 18.2 Å². The van der Waals surface area contributed by atoms with Crippen LogP contribution in [-0.4, -0.2) is 9.91 Å². The van der Waals surface area contributed by atoms with Gasteiger partial charge in [-0.05, 0) is 18.6 Å². The van der Waals surface area contributed by atoms with Crippen LogP contribution in [0.15, 0.2) is 24.3 Å². The number of aromatic nitrogens is 1. The molecule has 0 aliphatic heterocycles. The molecule has 0 atom stereocenters. The highest BCUT2D eigenvalue weighted by atomic mass is 16.6. The Labute approximate surface area is 80.7 Å². The maximum atomic E-state index is 10.4. The van der Waals surface area contributed by atoms with Crippen molar-refractivity contribution in [1.82, 2.24) is 4.98 Å². The van der Waals surface area contributed by atoms with E-state index in [1.165, 1.54) is 0 Å². The van der Waals surface area contributed by atoms with E-state index < -0.39 is 0 Å². The van der Waals surface area contributed by atoms with Crippen molar-refractivity contribution in [2.45, 2.75) is 13.5 Å². The number of hydrogen-bond donors (Lipinski definition) is 1. The summed E-state index contributed by atoms with van der Waals surface area (Å²) in [5, 5.41) is 11.4. The van der Waals surface area contributed by atoms with E-state index in [1.807, 2.05) is 31.2 Å². The van der Waals surface area contributed by atoms with Crippen molar-refractivity contribution < 1.29 is 4.92 Å². The molecule has 0 amide bonds. The van der Waals surface area contributed by atoms with E-state index in [0.29, 0.717) is 5.69 Å². The van der Waals surface area contributed by atoms with Gasteiger partial charge in [-0.15, -0.1) is 0 Å². The number of hydrogen-bond acceptors (Lipinski definition) is 2. The number of para-hydroxylation sites is 1. The largest absolute Gasteiger partial charge is 0.353 e. The molecule has 0 saturated carbocycles. The molecule has 4 nitrogen and oxygen atoms in total. The summed E-state index contributed by atoms with van der Waals surface area (Å²) in [6, 6.07) is 7.73. The van der Waals surface area contributed by atoms with Crippen molar-refractivity contribution in [2.75, 3.05) is 0 Å². The fourth-order valence-electron chi connectivity index (χ4n) is 1.63. The molecule has 0 fully saturated rings. The van der Waals surface area contributed by atoms with Gasteiger partial charge < -0.3 is 4.98 Å². The molecule has 0 spiro atoms. The summed E-state index contributed by atoms with van der Waals surface area (Å²) in [6.07, 6.45) is 0. The smallest absolute Gasteiger partial charge is 0.243 e. The highest BCUT2D eigenvalue weighted by Crippen LogP contribution is 2.21. The number of aryl methyl sites for hydroxylation is 1. The maximum absolute atomic E-state index is 10.4. The lowest BCUT2D eigenvalue weighted by Crippen LogP contribution is -1.99. The van der Waals surface area contributed by atoms with Gasteiger partial charge in [0.25, 0.3) is 0 Å². The highest BCUT2D eigenvalue weighted by molar-refractivity contribution is 5.84. The van der Waals surface area contributed by atoms with Crippen molar-refractivity contribution in [3.63, 3.8) is 0 Å². The number of nitro groups is 1. The van der Waals surface area contributed by atoms with Crippen LogP contribution in [-0.2, 0) is 6.54 Å². The lowest BCUT2D eigenvalue weighted by Gasteiger charge is -1.91. The van der Waals surface area contributed by atoms with Gasteiger partial charge in [0, 0.05) is 15.8 Å². The summed E-state index contributed by atoms with van der Waals surface area (Å²) in [7, 11) is 0. The van der Waals surface area contributed by atoms with E-state index in [0.717, 1.165) is 16.5 Å². The van der Waals surface area contributed by atoms with Crippen LogP contribution in [0.2, 0.25) is 0 Å². The van der Waals surface area contributed by atoms with Gasteiger partial charge in [0.05, 0.1) is 5.69 Å². The Morgan fingerprint density at radius 2 is 2.14 bits per heavy atom. The Kier molecular flexibility index (Phi) is 1.96. The summed E-state index contributed by atoms with van der Waals surface area (Å²) in [4.78, 5) is 13.1. The fraction of sp³-hybridized carbons (Fsp3) is 0.200. The first kappa shape index (κ1) is 8.74. The Morgan fingerprint density at radius 1 is 1.43 bits per heavy atom. The number of rotatable bonds is 2. The van der Waals surface area contributed by atoms with E-state index in [2.05, 4.69) is 4.98 Å². The van der Waals surface area contributed by atoms with Crippen LogP contribution in [0.5, 0.6) is 0 Å². The van der Waals surface area contributed by atoms with E-state index in [9.17, 15) is 10.1 Å². The minimum atomic E-state index is -0.322. The number of H-pyrrole nitrogens is 1. The second kappa shape index (κ2) is 3.14. The van der Waals surface area contributed by atoms with Crippen molar-refractivity contribution in [2.24, 2.45) is 0 Å². The third kappa shape index (κ3) is 1.35. The quantitative estimate of drug-likeness (QED) is 0.583. The molecule has 0 aliphatic rings. The molecule has 1 aromatic heterocycles. The zero-order chi connectivity index (χ0) is 10.1. The number of nitrogens with zero attached hydrogens (tertiary/aromatic N) is 1. The average molecular weight is 190 g/mol. The molecule has 1 N–H and O–H groups in total. The Morgan fingerprint density at radius 3 is 2.79 bits per heavy atom. The number of aromatic amines is 1. The van der Waals surface area contributed by atoms with Gasteiger partial charge >= 0.3 is 0 Å². The lowest BCUT2D eigenvalue weighted by molar-refractivity contribution is -0.497. The second-order valence-electron chi connectivity index (χ2n) is 3.26. The summed E-state index contributed by atoms with van der Waals surface area (Å²) in [5.74, 6) is 0. The van der Waals surface area contributed by atoms with Crippen LogP contribution in [0.3, 0.4) is 0 Å².